The van der Waals surface area contributed by atoms with E-state index >= 15 is 0 Å². The van der Waals surface area contributed by atoms with E-state index < -0.39 is 12.1 Å². The second-order valence-electron chi connectivity index (χ2n) is 8.63. The largest absolute Gasteiger partial charge is 0.733 e. The average Bonchev–Trinajstić information content (AvgIpc) is 3.48. The SMILES string of the molecule is O=C1[C@@H]2Cc3c([nH]c4ccccc34)C(c3cccc(N([O-])O)c3)N2C(=O)CN1Cc1cccs1. The van der Waals surface area contributed by atoms with Crippen LogP contribution in [-0.2, 0) is 22.6 Å². The number of piperazine rings is 1. The molecule has 2 aliphatic heterocycles. The van der Waals surface area contributed by atoms with Crippen molar-refractivity contribution in [1.29, 1.82) is 0 Å². The quantitative estimate of drug-likeness (QED) is 0.439. The zero-order valence-corrected chi connectivity index (χ0v) is 18.9. The van der Waals surface area contributed by atoms with E-state index in [2.05, 4.69) is 4.98 Å². The first kappa shape index (κ1) is 20.9. The first-order chi connectivity index (χ1) is 16.5. The molecule has 6 rings (SSSR count). The van der Waals surface area contributed by atoms with Gasteiger partial charge in [0.15, 0.2) is 0 Å². The van der Waals surface area contributed by atoms with Crippen LogP contribution in [0.15, 0.2) is 66.0 Å². The van der Waals surface area contributed by atoms with Gasteiger partial charge in [-0.3, -0.25) is 14.8 Å². The lowest BCUT2D eigenvalue weighted by atomic mass is 9.86. The van der Waals surface area contributed by atoms with E-state index in [1.807, 2.05) is 47.8 Å². The van der Waals surface area contributed by atoms with Crippen molar-refractivity contribution in [3.8, 4) is 0 Å². The number of hydrogen-bond donors (Lipinski definition) is 2. The van der Waals surface area contributed by atoms with Gasteiger partial charge in [-0.25, -0.2) is 0 Å². The third kappa shape index (κ3) is 3.28. The van der Waals surface area contributed by atoms with E-state index in [9.17, 15) is 20.0 Å². The van der Waals surface area contributed by atoms with Gasteiger partial charge in [-0.2, -0.15) is 0 Å². The number of nitrogens with zero attached hydrogens (tertiary/aromatic N) is 3. The number of carbonyl (C=O) groups excluding carboxylic acids is 2. The fourth-order valence-corrected chi connectivity index (χ4v) is 5.93. The Morgan fingerprint density at radius 3 is 2.76 bits per heavy atom. The molecule has 2 atom stereocenters. The van der Waals surface area contributed by atoms with Crippen LogP contribution in [0.3, 0.4) is 0 Å². The Hall–Kier alpha value is -3.66. The fraction of sp³-hybridized carbons (Fsp3) is 0.200. The van der Waals surface area contributed by atoms with Crippen molar-refractivity contribution in [2.75, 3.05) is 11.8 Å². The number of aromatic amines is 1. The zero-order valence-electron chi connectivity index (χ0n) is 18.0. The number of aromatic nitrogens is 1. The Morgan fingerprint density at radius 2 is 1.97 bits per heavy atom. The maximum Gasteiger partial charge on any atom is 0.246 e. The maximum absolute atomic E-state index is 13.7. The topological polar surface area (TPSA) is 103 Å². The first-order valence-corrected chi connectivity index (χ1v) is 11.9. The number of nitrogens with one attached hydrogen (secondary N) is 1. The summed E-state index contributed by atoms with van der Waals surface area (Å²) in [5.74, 6) is -0.235. The number of rotatable bonds is 4. The van der Waals surface area contributed by atoms with Crippen LogP contribution in [-0.4, -0.2) is 44.4 Å². The molecule has 0 aliphatic carbocycles. The van der Waals surface area contributed by atoms with Gasteiger partial charge in [0.25, 0.3) is 0 Å². The first-order valence-electron chi connectivity index (χ1n) is 11.0. The average molecular weight is 474 g/mol. The van der Waals surface area contributed by atoms with Crippen LogP contribution in [0.1, 0.15) is 27.7 Å². The van der Waals surface area contributed by atoms with Crippen molar-refractivity contribution >= 4 is 39.7 Å². The lowest BCUT2D eigenvalue weighted by Gasteiger charge is -2.47. The van der Waals surface area contributed by atoms with Gasteiger partial charge in [0.1, 0.15) is 12.6 Å². The van der Waals surface area contributed by atoms with E-state index in [-0.39, 0.29) is 29.3 Å². The van der Waals surface area contributed by atoms with Gasteiger partial charge < -0.3 is 25.2 Å². The van der Waals surface area contributed by atoms with E-state index in [1.54, 1.807) is 33.3 Å². The molecule has 2 aliphatic rings. The van der Waals surface area contributed by atoms with Gasteiger partial charge in [-0.05, 0) is 40.8 Å². The predicted molar refractivity (Wildman–Crippen MR) is 128 cm³/mol. The van der Waals surface area contributed by atoms with E-state index in [4.69, 9.17) is 0 Å². The third-order valence-electron chi connectivity index (χ3n) is 6.68. The van der Waals surface area contributed by atoms with Crippen LogP contribution in [0.4, 0.5) is 5.69 Å². The Bertz CT molecular complexity index is 1400. The van der Waals surface area contributed by atoms with E-state index in [0.717, 1.165) is 27.0 Å². The Labute approximate surface area is 199 Å². The molecule has 2 aromatic heterocycles. The summed E-state index contributed by atoms with van der Waals surface area (Å²) in [6.07, 6.45) is 0.411. The molecule has 1 saturated heterocycles. The molecule has 0 bridgehead atoms. The molecule has 0 spiro atoms. The second-order valence-corrected chi connectivity index (χ2v) is 9.66. The number of thiophene rings is 1. The molecular weight excluding hydrogens is 452 g/mol. The summed E-state index contributed by atoms with van der Waals surface area (Å²) in [6.45, 7) is 0.399. The molecule has 9 heteroatoms. The lowest BCUT2D eigenvalue weighted by Crippen LogP contribution is -2.62. The number of para-hydroxylation sites is 1. The molecule has 2 amide bonds. The Kier molecular flexibility index (Phi) is 4.91. The van der Waals surface area contributed by atoms with Gasteiger partial charge >= 0.3 is 0 Å². The molecule has 2 N–H and O–H groups in total. The van der Waals surface area contributed by atoms with E-state index in [1.165, 1.54) is 6.07 Å². The number of carbonyl (C=O) groups is 2. The number of hydrogen-bond acceptors (Lipinski definition) is 6. The smallest absolute Gasteiger partial charge is 0.246 e. The Morgan fingerprint density at radius 1 is 1.12 bits per heavy atom. The number of amides is 2. The normalized spacial score (nSPS) is 19.9. The minimum absolute atomic E-state index is 0.00728. The zero-order chi connectivity index (χ0) is 23.4. The summed E-state index contributed by atoms with van der Waals surface area (Å²) in [6, 6.07) is 17.1. The van der Waals surface area contributed by atoms with Crippen LogP contribution in [0, 0.1) is 5.21 Å². The van der Waals surface area contributed by atoms with Gasteiger partial charge in [0.2, 0.25) is 11.8 Å². The number of benzene rings is 2. The van der Waals surface area contributed by atoms with Crippen LogP contribution in [0.2, 0.25) is 0 Å². The molecule has 4 heterocycles. The molecule has 8 nitrogen and oxygen atoms in total. The molecule has 0 radical (unpaired) electrons. The maximum atomic E-state index is 13.7. The Balaban J connectivity index is 1.49. The number of fused-ring (bicyclic) bond motifs is 4. The molecule has 1 fully saturated rings. The van der Waals surface area contributed by atoms with Crippen LogP contribution in [0.5, 0.6) is 0 Å². The molecule has 172 valence electrons. The van der Waals surface area contributed by atoms with Crippen LogP contribution < -0.4 is 5.23 Å². The van der Waals surface area contributed by atoms with Gasteiger partial charge in [0.05, 0.1) is 18.3 Å². The molecule has 2 aromatic carbocycles. The highest BCUT2D eigenvalue weighted by Gasteiger charge is 2.48. The lowest BCUT2D eigenvalue weighted by molar-refractivity contribution is -0.159. The van der Waals surface area contributed by atoms with Gasteiger partial charge in [-0.1, -0.05) is 36.4 Å². The summed E-state index contributed by atoms with van der Waals surface area (Å²) in [5, 5.41) is 23.8. The van der Waals surface area contributed by atoms with Gasteiger partial charge in [0, 0.05) is 27.9 Å². The van der Waals surface area contributed by atoms with Crippen molar-refractivity contribution in [3.05, 3.63) is 92.9 Å². The summed E-state index contributed by atoms with van der Waals surface area (Å²) in [4.78, 5) is 35.0. The number of H-pyrrole nitrogens is 1. The summed E-state index contributed by atoms with van der Waals surface area (Å²) >= 11 is 1.56. The fourth-order valence-electron chi connectivity index (χ4n) is 5.21. The summed E-state index contributed by atoms with van der Waals surface area (Å²) < 4.78 is 0. The van der Waals surface area contributed by atoms with Crippen LogP contribution in [0.25, 0.3) is 10.9 Å². The minimum atomic E-state index is -0.654. The summed E-state index contributed by atoms with van der Waals surface area (Å²) in [7, 11) is 0. The van der Waals surface area contributed by atoms with Crippen molar-refractivity contribution in [1.82, 2.24) is 14.8 Å². The molecule has 34 heavy (non-hydrogen) atoms. The molecular formula is C25H21N4O4S-. The molecule has 4 aromatic rings. The third-order valence-corrected chi connectivity index (χ3v) is 7.54. The minimum Gasteiger partial charge on any atom is -0.733 e. The second kappa shape index (κ2) is 7.98. The monoisotopic (exact) mass is 473 g/mol. The van der Waals surface area contributed by atoms with Crippen molar-refractivity contribution in [3.63, 3.8) is 0 Å². The van der Waals surface area contributed by atoms with Crippen LogP contribution >= 0.6 is 11.3 Å². The highest BCUT2D eigenvalue weighted by atomic mass is 32.1. The summed E-state index contributed by atoms with van der Waals surface area (Å²) in [5.41, 5.74) is 3.47. The molecule has 1 unspecified atom stereocenters. The standard InChI is InChI=1S/C25H21N4O4S/c30-22-14-27(13-17-7-4-10-34-17)25(31)21-12-19-18-8-1-2-9-20(18)26-23(19)24(28(21)22)15-5-3-6-16(11-15)29(32)33/h1-11,21,24,26,32H,12-14H2/q-1/t21-,24?/m0/s1. The number of anilines is 1. The predicted octanol–water partition coefficient (Wildman–Crippen LogP) is 3.81. The van der Waals surface area contributed by atoms with E-state index in [0.29, 0.717) is 18.5 Å². The highest BCUT2D eigenvalue weighted by molar-refractivity contribution is 7.09. The van der Waals surface area contributed by atoms with Crippen molar-refractivity contribution < 1.29 is 14.8 Å². The van der Waals surface area contributed by atoms with Gasteiger partial charge in [-0.15, -0.1) is 11.3 Å². The van der Waals surface area contributed by atoms with Crippen molar-refractivity contribution in [2.45, 2.75) is 25.0 Å². The highest BCUT2D eigenvalue weighted by Crippen LogP contribution is 2.43. The van der Waals surface area contributed by atoms with Crippen molar-refractivity contribution in [2.24, 2.45) is 0 Å². The molecule has 0 saturated carbocycles.